The number of hydrogen-bond donors (Lipinski definition) is 1. The molecule has 5 rings (SSSR count). The van der Waals surface area contributed by atoms with Crippen LogP contribution in [0.25, 0.3) is 0 Å². The van der Waals surface area contributed by atoms with Crippen molar-refractivity contribution in [3.05, 3.63) is 47.8 Å². The zero-order valence-corrected chi connectivity index (χ0v) is 16.6. The lowest BCUT2D eigenvalue weighted by atomic mass is 9.73. The molecular formula is C23H32N4S. The van der Waals surface area contributed by atoms with Crippen LogP contribution in [0, 0.1) is 5.41 Å². The van der Waals surface area contributed by atoms with Crippen LogP contribution in [0.1, 0.15) is 63.1 Å². The summed E-state index contributed by atoms with van der Waals surface area (Å²) in [5.74, 6) is 1.02. The second-order valence-electron chi connectivity index (χ2n) is 8.44. The van der Waals surface area contributed by atoms with Crippen LogP contribution in [0.5, 0.6) is 0 Å². The number of nitrogens with two attached hydrogens (primary N) is 1. The van der Waals surface area contributed by atoms with Gasteiger partial charge in [-0.05, 0) is 48.6 Å². The number of hydrogen-bond acceptors (Lipinski definition) is 5. The van der Waals surface area contributed by atoms with Gasteiger partial charge in [0, 0.05) is 24.4 Å². The average molecular weight is 397 g/mol. The van der Waals surface area contributed by atoms with E-state index in [1.54, 1.807) is 0 Å². The van der Waals surface area contributed by atoms with Crippen LogP contribution in [0.4, 0.5) is 5.82 Å². The first-order valence-corrected chi connectivity index (χ1v) is 11.2. The number of thioether (sulfide) groups is 1. The fourth-order valence-electron chi connectivity index (χ4n) is 5.20. The molecule has 150 valence electrons. The predicted molar refractivity (Wildman–Crippen MR) is 118 cm³/mol. The third kappa shape index (κ3) is 3.55. The molecule has 2 fully saturated rings. The normalized spacial score (nSPS) is 23.6. The molecule has 1 aromatic heterocycles. The molecule has 1 spiro atoms. The molecule has 2 heterocycles. The van der Waals surface area contributed by atoms with Gasteiger partial charge in [0.25, 0.3) is 0 Å². The van der Waals surface area contributed by atoms with E-state index in [-0.39, 0.29) is 18.9 Å². The summed E-state index contributed by atoms with van der Waals surface area (Å²) in [5.41, 5.74) is 9.73. The van der Waals surface area contributed by atoms with E-state index in [0.717, 1.165) is 48.4 Å². The van der Waals surface area contributed by atoms with Crippen molar-refractivity contribution < 1.29 is 0 Å². The van der Waals surface area contributed by atoms with E-state index >= 15 is 0 Å². The van der Waals surface area contributed by atoms with E-state index in [0.29, 0.717) is 0 Å². The van der Waals surface area contributed by atoms with Gasteiger partial charge < -0.3 is 10.6 Å². The standard InChI is InChI=1S/C22H28N4S.CH4/c23-21-18-8-4-1-5-16(18)13-22(21)9-11-26(12-10-22)19-14-25-20(15-24-19)27-17-6-2-3-7-17;/h1,4-5,8,14-15,17,21H,2-3,6-7,9-13,23H2;1H4/t21-;/m1./s1. The minimum atomic E-state index is 0. The van der Waals surface area contributed by atoms with E-state index in [9.17, 15) is 0 Å². The smallest absolute Gasteiger partial charge is 0.147 e. The molecule has 0 unspecified atom stereocenters. The summed E-state index contributed by atoms with van der Waals surface area (Å²) in [6.45, 7) is 2.04. The van der Waals surface area contributed by atoms with Gasteiger partial charge in [0.1, 0.15) is 10.8 Å². The van der Waals surface area contributed by atoms with Gasteiger partial charge in [-0.2, -0.15) is 0 Å². The molecule has 0 radical (unpaired) electrons. The molecule has 5 heteroatoms. The largest absolute Gasteiger partial charge is 0.355 e. The van der Waals surface area contributed by atoms with Gasteiger partial charge in [0.2, 0.25) is 0 Å². The minimum Gasteiger partial charge on any atom is -0.355 e. The van der Waals surface area contributed by atoms with Gasteiger partial charge in [-0.3, -0.25) is 0 Å². The zero-order valence-electron chi connectivity index (χ0n) is 15.8. The summed E-state index contributed by atoms with van der Waals surface area (Å²) in [6, 6.07) is 8.90. The van der Waals surface area contributed by atoms with Crippen molar-refractivity contribution >= 4 is 17.6 Å². The number of rotatable bonds is 3. The van der Waals surface area contributed by atoms with E-state index in [4.69, 9.17) is 10.7 Å². The summed E-state index contributed by atoms with van der Waals surface area (Å²) < 4.78 is 0. The number of aromatic nitrogens is 2. The summed E-state index contributed by atoms with van der Waals surface area (Å²) in [6.07, 6.45) is 12.7. The second kappa shape index (κ2) is 8.03. The van der Waals surface area contributed by atoms with Crippen LogP contribution in [0.15, 0.2) is 41.7 Å². The molecule has 4 nitrogen and oxygen atoms in total. The Morgan fingerprint density at radius 2 is 1.79 bits per heavy atom. The summed E-state index contributed by atoms with van der Waals surface area (Å²) in [5, 5.41) is 1.82. The Morgan fingerprint density at radius 3 is 2.46 bits per heavy atom. The maximum absolute atomic E-state index is 6.69. The van der Waals surface area contributed by atoms with Crippen LogP contribution >= 0.6 is 11.8 Å². The Labute approximate surface area is 173 Å². The first kappa shape index (κ1) is 19.7. The number of nitrogens with zero attached hydrogens (tertiary/aromatic N) is 3. The van der Waals surface area contributed by atoms with Gasteiger partial charge in [-0.1, -0.05) is 44.5 Å². The highest BCUT2D eigenvalue weighted by Gasteiger charge is 2.45. The highest BCUT2D eigenvalue weighted by atomic mass is 32.2. The van der Waals surface area contributed by atoms with Gasteiger partial charge in [0.15, 0.2) is 0 Å². The van der Waals surface area contributed by atoms with Crippen LogP contribution < -0.4 is 10.6 Å². The Kier molecular flexibility index (Phi) is 5.66. The molecule has 1 atom stereocenters. The minimum absolute atomic E-state index is 0. The SMILES string of the molecule is C.N[C@@H]1c2ccccc2CC12CCN(c1cnc(SC3CCCC3)cn1)CC2. The number of benzene rings is 1. The molecule has 1 aromatic carbocycles. The lowest BCUT2D eigenvalue weighted by molar-refractivity contribution is 0.187. The molecule has 1 aliphatic heterocycles. The highest BCUT2D eigenvalue weighted by molar-refractivity contribution is 7.99. The molecule has 3 aliphatic rings. The first-order chi connectivity index (χ1) is 13.2. The summed E-state index contributed by atoms with van der Waals surface area (Å²) in [7, 11) is 0. The summed E-state index contributed by atoms with van der Waals surface area (Å²) in [4.78, 5) is 11.8. The molecular weight excluding hydrogens is 364 g/mol. The maximum atomic E-state index is 6.69. The Morgan fingerprint density at radius 1 is 1.04 bits per heavy atom. The lowest BCUT2D eigenvalue weighted by Gasteiger charge is -2.42. The van der Waals surface area contributed by atoms with Crippen molar-refractivity contribution in [2.24, 2.45) is 11.1 Å². The first-order valence-electron chi connectivity index (χ1n) is 10.3. The van der Waals surface area contributed by atoms with Crippen LogP contribution in [-0.2, 0) is 6.42 Å². The van der Waals surface area contributed by atoms with E-state index in [1.165, 1.54) is 36.8 Å². The highest BCUT2D eigenvalue weighted by Crippen LogP contribution is 2.50. The Bertz CT molecular complexity index is 793. The second-order valence-corrected chi connectivity index (χ2v) is 9.76. The van der Waals surface area contributed by atoms with Gasteiger partial charge in [-0.25, -0.2) is 9.97 Å². The molecule has 2 aliphatic carbocycles. The van der Waals surface area contributed by atoms with Gasteiger partial charge >= 0.3 is 0 Å². The van der Waals surface area contributed by atoms with E-state index < -0.39 is 0 Å². The van der Waals surface area contributed by atoms with E-state index in [1.807, 2.05) is 24.2 Å². The number of piperidine rings is 1. The van der Waals surface area contributed by atoms with Crippen LogP contribution in [0.2, 0.25) is 0 Å². The van der Waals surface area contributed by atoms with Gasteiger partial charge in [0.05, 0.1) is 12.4 Å². The zero-order chi connectivity index (χ0) is 18.3. The molecule has 1 saturated heterocycles. The summed E-state index contributed by atoms with van der Waals surface area (Å²) >= 11 is 1.91. The topological polar surface area (TPSA) is 55.0 Å². The fourth-order valence-corrected chi connectivity index (χ4v) is 6.33. The fraction of sp³-hybridized carbons (Fsp3) is 0.565. The Balaban J connectivity index is 0.00000192. The van der Waals surface area contributed by atoms with Crippen molar-refractivity contribution in [3.63, 3.8) is 0 Å². The molecule has 0 bridgehead atoms. The lowest BCUT2D eigenvalue weighted by Crippen LogP contribution is -2.44. The molecule has 28 heavy (non-hydrogen) atoms. The van der Waals surface area contributed by atoms with Crippen molar-refractivity contribution in [2.45, 2.75) is 68.7 Å². The van der Waals surface area contributed by atoms with Gasteiger partial charge in [-0.15, -0.1) is 11.8 Å². The van der Waals surface area contributed by atoms with Crippen molar-refractivity contribution in [2.75, 3.05) is 18.0 Å². The van der Waals surface area contributed by atoms with E-state index in [2.05, 4.69) is 34.1 Å². The maximum Gasteiger partial charge on any atom is 0.147 e. The van der Waals surface area contributed by atoms with Crippen molar-refractivity contribution in [1.82, 2.24) is 9.97 Å². The number of anilines is 1. The monoisotopic (exact) mass is 396 g/mol. The average Bonchev–Trinajstić information content (AvgIpc) is 3.31. The molecule has 2 aromatic rings. The Hall–Kier alpha value is -1.59. The quantitative estimate of drug-likeness (QED) is 0.792. The molecule has 2 N–H and O–H groups in total. The third-order valence-electron chi connectivity index (χ3n) is 6.88. The van der Waals surface area contributed by atoms with Crippen LogP contribution in [0.3, 0.4) is 0 Å². The van der Waals surface area contributed by atoms with Crippen molar-refractivity contribution in [3.8, 4) is 0 Å². The number of fused-ring (bicyclic) bond motifs is 1. The van der Waals surface area contributed by atoms with Crippen LogP contribution in [-0.4, -0.2) is 28.3 Å². The predicted octanol–water partition coefficient (Wildman–Crippen LogP) is 4.99. The molecule has 1 saturated carbocycles. The van der Waals surface area contributed by atoms with Crippen molar-refractivity contribution in [1.29, 1.82) is 0 Å². The molecule has 0 amide bonds. The third-order valence-corrected chi connectivity index (χ3v) is 8.14.